The molecule has 0 bridgehead atoms. The second kappa shape index (κ2) is 5.53. The van der Waals surface area contributed by atoms with E-state index in [1.165, 1.54) is 4.68 Å². The minimum atomic E-state index is -1.15. The molecule has 6 heteroatoms. The van der Waals surface area contributed by atoms with Crippen molar-refractivity contribution in [3.8, 4) is 11.8 Å². The molecule has 1 heterocycles. The van der Waals surface area contributed by atoms with Crippen LogP contribution in [-0.4, -0.2) is 25.8 Å². The lowest BCUT2D eigenvalue weighted by atomic mass is 10.1. The Balaban J connectivity index is 2.45. The third-order valence-electron chi connectivity index (χ3n) is 2.80. The molecule has 102 valence electrons. The van der Waals surface area contributed by atoms with Gasteiger partial charge in [-0.1, -0.05) is 26.0 Å². The molecule has 20 heavy (non-hydrogen) atoms. The third-order valence-corrected chi connectivity index (χ3v) is 2.80. The fourth-order valence-corrected chi connectivity index (χ4v) is 1.82. The minimum Gasteiger partial charge on any atom is -0.475 e. The number of nitrogens with zero attached hydrogens (tertiary/aromatic N) is 4. The number of rotatable bonds is 4. The number of benzene rings is 1. The second-order valence-electron chi connectivity index (χ2n) is 4.67. The molecule has 0 atom stereocenters. The maximum Gasteiger partial charge on any atom is 0.375 e. The molecular formula is C14H14N4O2. The number of aromatic nitrogens is 3. The van der Waals surface area contributed by atoms with Crippen molar-refractivity contribution in [1.82, 2.24) is 14.8 Å². The van der Waals surface area contributed by atoms with Crippen molar-refractivity contribution >= 4 is 5.97 Å². The lowest BCUT2D eigenvalue weighted by Gasteiger charge is -2.08. The van der Waals surface area contributed by atoms with Gasteiger partial charge in [0.05, 0.1) is 18.2 Å². The number of hydrogen-bond donors (Lipinski definition) is 1. The van der Waals surface area contributed by atoms with E-state index >= 15 is 0 Å². The molecule has 0 fully saturated rings. The van der Waals surface area contributed by atoms with Crippen molar-refractivity contribution in [2.45, 2.75) is 26.2 Å². The van der Waals surface area contributed by atoms with Gasteiger partial charge in [-0.15, -0.1) is 5.10 Å². The molecule has 0 unspecified atom stereocenters. The Bertz CT molecular complexity index is 665. The van der Waals surface area contributed by atoms with E-state index in [9.17, 15) is 4.79 Å². The number of nitriles is 1. The van der Waals surface area contributed by atoms with E-state index in [0.29, 0.717) is 12.2 Å². The summed E-state index contributed by atoms with van der Waals surface area (Å²) in [7, 11) is 0. The molecule has 6 nitrogen and oxygen atoms in total. The summed E-state index contributed by atoms with van der Waals surface area (Å²) in [5.74, 6) is -0.716. The van der Waals surface area contributed by atoms with Crippen LogP contribution in [0.5, 0.6) is 0 Å². The molecule has 1 N–H and O–H groups in total. The quantitative estimate of drug-likeness (QED) is 0.919. The van der Waals surface area contributed by atoms with Crippen LogP contribution in [0, 0.1) is 11.3 Å². The summed E-state index contributed by atoms with van der Waals surface area (Å²) < 4.78 is 1.53. The first-order chi connectivity index (χ1) is 9.52. The van der Waals surface area contributed by atoms with Gasteiger partial charge in [0.25, 0.3) is 5.82 Å². The molecule has 1 aromatic carbocycles. The summed E-state index contributed by atoms with van der Waals surface area (Å²) in [4.78, 5) is 15.0. The van der Waals surface area contributed by atoms with Gasteiger partial charge in [-0.05, 0) is 17.7 Å². The first-order valence-electron chi connectivity index (χ1n) is 6.19. The number of aromatic carboxylic acids is 1. The Hall–Kier alpha value is -2.68. The van der Waals surface area contributed by atoms with Gasteiger partial charge in [-0.2, -0.15) is 5.26 Å². The molecule has 0 saturated heterocycles. The lowest BCUT2D eigenvalue weighted by molar-refractivity contribution is 0.0683. The first kappa shape index (κ1) is 13.7. The Morgan fingerprint density at radius 3 is 2.55 bits per heavy atom. The molecule has 0 amide bonds. The molecular weight excluding hydrogens is 256 g/mol. The van der Waals surface area contributed by atoms with Gasteiger partial charge in [0, 0.05) is 5.92 Å². The van der Waals surface area contributed by atoms with Crippen molar-refractivity contribution in [3.05, 3.63) is 41.5 Å². The standard InChI is InChI=1S/C14H14N4O2/c1-9(2)13-16-12(14(19)20)17-18(13)11-5-3-10(4-6-11)7-8-15/h3-6,9H,7H2,1-2H3,(H,19,20). The number of carboxylic acid groups (broad SMARTS) is 1. The summed E-state index contributed by atoms with van der Waals surface area (Å²) >= 11 is 0. The minimum absolute atomic E-state index is 0.0504. The van der Waals surface area contributed by atoms with E-state index in [4.69, 9.17) is 10.4 Å². The lowest BCUT2D eigenvalue weighted by Crippen LogP contribution is -2.05. The van der Waals surface area contributed by atoms with Crippen LogP contribution in [0.3, 0.4) is 0 Å². The molecule has 0 aliphatic rings. The normalized spacial score (nSPS) is 10.5. The van der Waals surface area contributed by atoms with Gasteiger partial charge in [0.15, 0.2) is 0 Å². The second-order valence-corrected chi connectivity index (χ2v) is 4.67. The number of carbonyl (C=O) groups is 1. The van der Waals surface area contributed by atoms with Crippen LogP contribution in [0.4, 0.5) is 0 Å². The number of hydrogen-bond acceptors (Lipinski definition) is 4. The molecule has 0 radical (unpaired) electrons. The Morgan fingerprint density at radius 1 is 1.40 bits per heavy atom. The Kier molecular flexibility index (Phi) is 3.80. The van der Waals surface area contributed by atoms with Gasteiger partial charge in [-0.25, -0.2) is 14.5 Å². The van der Waals surface area contributed by atoms with Crippen molar-refractivity contribution < 1.29 is 9.90 Å². The summed E-state index contributed by atoms with van der Waals surface area (Å²) in [6.07, 6.45) is 0.342. The van der Waals surface area contributed by atoms with Crippen molar-refractivity contribution in [2.24, 2.45) is 0 Å². The van der Waals surface area contributed by atoms with Crippen LogP contribution < -0.4 is 0 Å². The van der Waals surface area contributed by atoms with Crippen LogP contribution in [0.2, 0.25) is 0 Å². The largest absolute Gasteiger partial charge is 0.475 e. The Labute approximate surface area is 116 Å². The first-order valence-corrected chi connectivity index (χ1v) is 6.19. The summed E-state index contributed by atoms with van der Waals surface area (Å²) in [5, 5.41) is 21.7. The van der Waals surface area contributed by atoms with Crippen LogP contribution in [0.25, 0.3) is 5.69 Å². The van der Waals surface area contributed by atoms with Gasteiger partial charge >= 0.3 is 5.97 Å². The van der Waals surface area contributed by atoms with Crippen LogP contribution in [-0.2, 0) is 6.42 Å². The molecule has 0 spiro atoms. The maximum absolute atomic E-state index is 11.0. The van der Waals surface area contributed by atoms with E-state index in [-0.39, 0.29) is 11.7 Å². The van der Waals surface area contributed by atoms with E-state index in [1.807, 2.05) is 26.0 Å². The van der Waals surface area contributed by atoms with Crippen LogP contribution in [0.1, 0.15) is 41.8 Å². The third kappa shape index (κ3) is 2.67. The van der Waals surface area contributed by atoms with E-state index in [1.54, 1.807) is 12.1 Å². The smallest absolute Gasteiger partial charge is 0.375 e. The fraction of sp³-hybridized carbons (Fsp3) is 0.286. The SMILES string of the molecule is CC(C)c1nc(C(=O)O)nn1-c1ccc(CC#N)cc1. The van der Waals surface area contributed by atoms with Gasteiger partial charge in [0.1, 0.15) is 5.82 Å². The summed E-state index contributed by atoms with van der Waals surface area (Å²) in [5.41, 5.74) is 1.64. The summed E-state index contributed by atoms with van der Waals surface area (Å²) in [6, 6.07) is 9.34. The average Bonchev–Trinajstić information content (AvgIpc) is 2.85. The van der Waals surface area contributed by atoms with Crippen LogP contribution >= 0.6 is 0 Å². The monoisotopic (exact) mass is 270 g/mol. The van der Waals surface area contributed by atoms with Gasteiger partial charge in [0.2, 0.25) is 0 Å². The number of carboxylic acids is 1. The van der Waals surface area contributed by atoms with Crippen molar-refractivity contribution in [2.75, 3.05) is 0 Å². The van der Waals surface area contributed by atoms with Crippen molar-refractivity contribution in [1.29, 1.82) is 5.26 Å². The zero-order chi connectivity index (χ0) is 14.7. The highest BCUT2D eigenvalue weighted by Crippen LogP contribution is 2.18. The molecule has 2 rings (SSSR count). The zero-order valence-corrected chi connectivity index (χ0v) is 11.2. The molecule has 2 aromatic rings. The predicted octanol–water partition coefficient (Wildman–Crippen LogP) is 2.15. The topological polar surface area (TPSA) is 91.8 Å². The molecule has 0 aliphatic heterocycles. The maximum atomic E-state index is 11.0. The molecule has 0 aliphatic carbocycles. The van der Waals surface area contributed by atoms with Gasteiger partial charge in [-0.3, -0.25) is 0 Å². The van der Waals surface area contributed by atoms with E-state index in [0.717, 1.165) is 11.3 Å². The highest BCUT2D eigenvalue weighted by atomic mass is 16.4. The predicted molar refractivity (Wildman–Crippen MR) is 71.7 cm³/mol. The zero-order valence-electron chi connectivity index (χ0n) is 11.2. The molecule has 0 saturated carbocycles. The van der Waals surface area contributed by atoms with Gasteiger partial charge < -0.3 is 5.11 Å². The fourth-order valence-electron chi connectivity index (χ4n) is 1.82. The van der Waals surface area contributed by atoms with Crippen LogP contribution in [0.15, 0.2) is 24.3 Å². The summed E-state index contributed by atoms with van der Waals surface area (Å²) in [6.45, 7) is 3.85. The van der Waals surface area contributed by atoms with Crippen molar-refractivity contribution in [3.63, 3.8) is 0 Å². The highest BCUT2D eigenvalue weighted by molar-refractivity contribution is 5.83. The average molecular weight is 270 g/mol. The van der Waals surface area contributed by atoms with E-state index in [2.05, 4.69) is 16.2 Å². The highest BCUT2D eigenvalue weighted by Gasteiger charge is 2.18. The van der Waals surface area contributed by atoms with E-state index < -0.39 is 5.97 Å². The molecule has 1 aromatic heterocycles. The Morgan fingerprint density at radius 2 is 2.05 bits per heavy atom.